The van der Waals surface area contributed by atoms with E-state index in [-0.39, 0.29) is 0 Å². The number of hydrogen-bond donors (Lipinski definition) is 1. The lowest BCUT2D eigenvalue weighted by Gasteiger charge is -2.26. The van der Waals surface area contributed by atoms with Crippen molar-refractivity contribution in [3.05, 3.63) is 30.0 Å². The Kier molecular flexibility index (Phi) is 3.80. The molecule has 3 rings (SSSR count). The van der Waals surface area contributed by atoms with E-state index in [0.29, 0.717) is 0 Å². The van der Waals surface area contributed by atoms with E-state index < -0.39 is 0 Å². The van der Waals surface area contributed by atoms with Crippen LogP contribution in [0.2, 0.25) is 0 Å². The van der Waals surface area contributed by atoms with E-state index >= 15 is 0 Å². The maximum atomic E-state index is 4.72. The van der Waals surface area contributed by atoms with Crippen molar-refractivity contribution in [2.45, 2.75) is 39.3 Å². The predicted molar refractivity (Wildman–Crippen MR) is 77.7 cm³/mol. The summed E-state index contributed by atoms with van der Waals surface area (Å²) in [5, 5.41) is 8.33. The molecule has 0 spiro atoms. The Hall–Kier alpha value is -1.39. The van der Waals surface area contributed by atoms with Crippen LogP contribution in [0.15, 0.2) is 24.3 Å². The number of aromatic nitrogens is 2. The normalized spacial score (nSPS) is 17.1. The molecule has 0 aliphatic carbocycles. The summed E-state index contributed by atoms with van der Waals surface area (Å²) >= 11 is 0. The van der Waals surface area contributed by atoms with Crippen molar-refractivity contribution in [3.8, 4) is 0 Å². The molecule has 19 heavy (non-hydrogen) atoms. The Labute approximate surface area is 114 Å². The van der Waals surface area contributed by atoms with Gasteiger partial charge in [0.15, 0.2) is 0 Å². The first-order chi connectivity index (χ1) is 9.38. The van der Waals surface area contributed by atoms with Crippen LogP contribution in [0.1, 0.15) is 31.9 Å². The van der Waals surface area contributed by atoms with Gasteiger partial charge in [-0.2, -0.15) is 5.10 Å². The molecule has 0 amide bonds. The second-order valence-electron chi connectivity index (χ2n) is 5.16. The van der Waals surface area contributed by atoms with Crippen LogP contribution in [0, 0.1) is 0 Å². The molecule has 1 saturated heterocycles. The smallest absolute Gasteiger partial charge is 0.0855 e. The van der Waals surface area contributed by atoms with Crippen LogP contribution >= 0.6 is 0 Å². The van der Waals surface area contributed by atoms with Crippen LogP contribution in [0.25, 0.3) is 10.9 Å². The third-order valence-corrected chi connectivity index (χ3v) is 3.86. The number of fused-ring (bicyclic) bond motifs is 1. The average Bonchev–Trinajstić information content (AvgIpc) is 2.84. The molecule has 0 saturated carbocycles. The summed E-state index contributed by atoms with van der Waals surface area (Å²) in [6.07, 6.45) is 3.97. The molecular formula is C15H22N4. The number of aryl methyl sites for hydroxylation is 1. The third-order valence-electron chi connectivity index (χ3n) is 3.86. The number of benzene rings is 1. The van der Waals surface area contributed by atoms with Gasteiger partial charge in [-0.05, 0) is 25.8 Å². The fourth-order valence-corrected chi connectivity index (χ4v) is 2.81. The molecule has 2 heterocycles. The van der Waals surface area contributed by atoms with E-state index in [1.165, 1.54) is 30.2 Å². The van der Waals surface area contributed by atoms with Gasteiger partial charge in [0.2, 0.25) is 0 Å². The van der Waals surface area contributed by atoms with Crippen LogP contribution in [-0.4, -0.2) is 27.9 Å². The summed E-state index contributed by atoms with van der Waals surface area (Å²) in [4.78, 5) is 0. The number of nitrogens with zero attached hydrogens (tertiary/aromatic N) is 3. The lowest BCUT2D eigenvalue weighted by atomic mass is 10.2. The largest absolute Gasteiger partial charge is 0.265 e. The highest BCUT2D eigenvalue weighted by atomic mass is 15.5. The van der Waals surface area contributed by atoms with Crippen molar-refractivity contribution < 1.29 is 0 Å². The zero-order valence-corrected chi connectivity index (χ0v) is 11.6. The fourth-order valence-electron chi connectivity index (χ4n) is 2.81. The Morgan fingerprint density at radius 3 is 2.74 bits per heavy atom. The molecule has 4 heteroatoms. The summed E-state index contributed by atoms with van der Waals surface area (Å²) in [5.74, 6) is 0. The van der Waals surface area contributed by atoms with Crippen LogP contribution in [0.5, 0.6) is 0 Å². The standard InChI is InChI=1S/C15H22N4/c1-2-19-15-9-5-4-8-13(15)14(17-19)12-16-18-10-6-3-7-11-18/h4-5,8-9,16H,2-3,6-7,10-12H2,1H3. The van der Waals surface area contributed by atoms with Gasteiger partial charge in [-0.15, -0.1) is 0 Å². The predicted octanol–water partition coefficient (Wildman–Crippen LogP) is 2.55. The first-order valence-electron chi connectivity index (χ1n) is 7.31. The lowest BCUT2D eigenvalue weighted by Crippen LogP contribution is -2.41. The molecule has 0 unspecified atom stereocenters. The second kappa shape index (κ2) is 5.72. The molecule has 1 aliphatic heterocycles. The van der Waals surface area contributed by atoms with E-state index in [1.54, 1.807) is 0 Å². The van der Waals surface area contributed by atoms with Gasteiger partial charge in [-0.3, -0.25) is 4.68 Å². The molecule has 1 aromatic carbocycles. The summed E-state index contributed by atoms with van der Waals surface area (Å²) in [6.45, 7) is 6.21. The van der Waals surface area contributed by atoms with E-state index in [2.05, 4.69) is 46.3 Å². The topological polar surface area (TPSA) is 33.1 Å². The molecular weight excluding hydrogens is 236 g/mol. The van der Waals surface area contributed by atoms with Crippen molar-refractivity contribution in [3.63, 3.8) is 0 Å². The molecule has 1 aliphatic rings. The van der Waals surface area contributed by atoms with Gasteiger partial charge in [0, 0.05) is 25.0 Å². The first-order valence-corrected chi connectivity index (χ1v) is 7.31. The molecule has 1 aromatic heterocycles. The Bertz CT molecular complexity index is 540. The van der Waals surface area contributed by atoms with Gasteiger partial charge in [0.05, 0.1) is 17.8 Å². The van der Waals surface area contributed by atoms with Crippen LogP contribution in [0.4, 0.5) is 0 Å². The SMILES string of the molecule is CCn1nc(CNN2CCCCC2)c2ccccc21. The molecule has 0 bridgehead atoms. The maximum absolute atomic E-state index is 4.72. The molecule has 4 nitrogen and oxygen atoms in total. The monoisotopic (exact) mass is 258 g/mol. The van der Waals surface area contributed by atoms with Crippen LogP contribution in [-0.2, 0) is 13.1 Å². The Morgan fingerprint density at radius 2 is 1.95 bits per heavy atom. The van der Waals surface area contributed by atoms with Crippen molar-refractivity contribution in [2.24, 2.45) is 0 Å². The zero-order chi connectivity index (χ0) is 13.1. The van der Waals surface area contributed by atoms with Gasteiger partial charge in [-0.25, -0.2) is 10.4 Å². The number of hydrogen-bond acceptors (Lipinski definition) is 3. The summed E-state index contributed by atoms with van der Waals surface area (Å²) < 4.78 is 2.09. The van der Waals surface area contributed by atoms with Crippen molar-refractivity contribution in [1.29, 1.82) is 0 Å². The van der Waals surface area contributed by atoms with E-state index in [1.807, 2.05) is 0 Å². The quantitative estimate of drug-likeness (QED) is 0.915. The van der Waals surface area contributed by atoms with Gasteiger partial charge in [-0.1, -0.05) is 24.6 Å². The molecule has 0 radical (unpaired) electrons. The van der Waals surface area contributed by atoms with Crippen LogP contribution in [0.3, 0.4) is 0 Å². The average molecular weight is 258 g/mol. The Balaban J connectivity index is 1.76. The molecule has 0 atom stereocenters. The van der Waals surface area contributed by atoms with Gasteiger partial charge < -0.3 is 0 Å². The third kappa shape index (κ3) is 2.65. The van der Waals surface area contributed by atoms with E-state index in [0.717, 1.165) is 31.9 Å². The number of rotatable bonds is 4. The minimum atomic E-state index is 0.827. The summed E-state index contributed by atoms with van der Waals surface area (Å²) in [5.41, 5.74) is 5.92. The number of piperidine rings is 1. The number of para-hydroxylation sites is 1. The number of hydrazine groups is 1. The zero-order valence-electron chi connectivity index (χ0n) is 11.6. The number of nitrogens with one attached hydrogen (secondary N) is 1. The van der Waals surface area contributed by atoms with E-state index in [4.69, 9.17) is 5.10 Å². The minimum absolute atomic E-state index is 0.827. The minimum Gasteiger partial charge on any atom is -0.265 e. The lowest BCUT2D eigenvalue weighted by molar-refractivity contribution is 0.150. The molecule has 1 fully saturated rings. The highest BCUT2D eigenvalue weighted by molar-refractivity contribution is 5.81. The molecule has 102 valence electrons. The van der Waals surface area contributed by atoms with Crippen molar-refractivity contribution in [1.82, 2.24) is 20.2 Å². The van der Waals surface area contributed by atoms with Crippen molar-refractivity contribution in [2.75, 3.05) is 13.1 Å². The Morgan fingerprint density at radius 1 is 1.16 bits per heavy atom. The maximum Gasteiger partial charge on any atom is 0.0855 e. The van der Waals surface area contributed by atoms with Gasteiger partial charge in [0.25, 0.3) is 0 Å². The first kappa shape index (κ1) is 12.6. The van der Waals surface area contributed by atoms with Crippen LogP contribution < -0.4 is 5.43 Å². The molecule has 2 aromatic rings. The summed E-state index contributed by atoms with van der Waals surface area (Å²) in [6, 6.07) is 8.49. The van der Waals surface area contributed by atoms with Crippen molar-refractivity contribution >= 4 is 10.9 Å². The highest BCUT2D eigenvalue weighted by Crippen LogP contribution is 2.18. The summed E-state index contributed by atoms with van der Waals surface area (Å²) in [7, 11) is 0. The fraction of sp³-hybridized carbons (Fsp3) is 0.533. The second-order valence-corrected chi connectivity index (χ2v) is 5.16. The molecule has 1 N–H and O–H groups in total. The van der Waals surface area contributed by atoms with E-state index in [9.17, 15) is 0 Å². The highest BCUT2D eigenvalue weighted by Gasteiger charge is 2.12. The van der Waals surface area contributed by atoms with Gasteiger partial charge in [0.1, 0.15) is 0 Å². The van der Waals surface area contributed by atoms with Gasteiger partial charge >= 0.3 is 0 Å².